The Morgan fingerprint density at radius 3 is 0.907 bits per heavy atom. The second-order valence-electron chi connectivity index (χ2n) is 13.0. The fourth-order valence-corrected chi connectivity index (χ4v) is 6.35. The third-order valence-electron chi connectivity index (χ3n) is 8.69. The van der Waals surface area contributed by atoms with Gasteiger partial charge in [-0.1, -0.05) is 181 Å². The molecule has 0 saturated heterocycles. The molecule has 0 radical (unpaired) electrons. The first-order valence-corrected chi connectivity index (χ1v) is 20.7. The molecule has 0 spiro atoms. The minimum atomic E-state index is -4.42. The van der Waals surface area contributed by atoms with Crippen molar-refractivity contribution in [1.82, 2.24) is 0 Å². The van der Waals surface area contributed by atoms with Crippen LogP contribution in [0.1, 0.15) is 220 Å². The van der Waals surface area contributed by atoms with Crippen molar-refractivity contribution in [2.24, 2.45) is 0 Å². The van der Waals surface area contributed by atoms with E-state index in [9.17, 15) is 13.0 Å². The lowest BCUT2D eigenvalue weighted by atomic mass is 9.99. The molecule has 262 valence electrons. The molecule has 6 heteroatoms. The predicted molar refractivity (Wildman–Crippen MR) is 187 cm³/mol. The Hall–Kier alpha value is -0.170. The lowest BCUT2D eigenvalue weighted by Crippen LogP contribution is -2.89. The molecule has 0 aromatic carbocycles. The minimum absolute atomic E-state index is 0.0914. The van der Waals surface area contributed by atoms with Gasteiger partial charge in [-0.25, -0.2) is 8.42 Å². The van der Waals surface area contributed by atoms with E-state index in [0.717, 1.165) is 6.04 Å². The van der Waals surface area contributed by atoms with E-state index in [1.807, 2.05) is 0 Å². The highest BCUT2D eigenvalue weighted by atomic mass is 32.3. The first-order chi connectivity index (χ1) is 20.9. The first-order valence-electron chi connectivity index (χ1n) is 19.3. The molecule has 0 aromatic heterocycles. The van der Waals surface area contributed by atoms with Gasteiger partial charge in [-0.15, -0.1) is 0 Å². The van der Waals surface area contributed by atoms with Gasteiger partial charge in [0.2, 0.25) is 10.4 Å². The van der Waals surface area contributed by atoms with Gasteiger partial charge in [0.25, 0.3) is 0 Å². The van der Waals surface area contributed by atoms with E-state index < -0.39 is 10.4 Å². The van der Waals surface area contributed by atoms with Gasteiger partial charge in [-0.3, -0.25) is 4.18 Å². The number of rotatable bonds is 34. The van der Waals surface area contributed by atoms with Crippen LogP contribution in [0.3, 0.4) is 0 Å². The van der Waals surface area contributed by atoms with Gasteiger partial charge in [0.15, 0.2) is 0 Å². The normalized spacial score (nSPS) is 11.7. The molecule has 0 unspecified atom stereocenters. The number of hydrogen-bond donors (Lipinski definition) is 1. The highest BCUT2D eigenvalue weighted by molar-refractivity contribution is 7.80. The van der Waals surface area contributed by atoms with Crippen molar-refractivity contribution < 1.29 is 22.5 Å². The summed E-state index contributed by atoms with van der Waals surface area (Å²) >= 11 is 0. The Kier molecular flexibility index (Phi) is 39.7. The van der Waals surface area contributed by atoms with E-state index in [1.54, 1.807) is 0 Å². The van der Waals surface area contributed by atoms with Crippen molar-refractivity contribution in [1.29, 1.82) is 0 Å². The van der Waals surface area contributed by atoms with Crippen molar-refractivity contribution in [2.45, 2.75) is 226 Å². The van der Waals surface area contributed by atoms with Crippen molar-refractivity contribution in [3.8, 4) is 0 Å². The summed E-state index contributed by atoms with van der Waals surface area (Å²) in [5.41, 5.74) is 0. The van der Waals surface area contributed by atoms with Crippen LogP contribution in [-0.2, 0) is 14.6 Å². The van der Waals surface area contributed by atoms with Crippen LogP contribution in [-0.4, -0.2) is 32.2 Å². The molecule has 0 rings (SSSR count). The van der Waals surface area contributed by atoms with E-state index in [-0.39, 0.29) is 6.61 Å². The molecule has 0 aliphatic heterocycles. The Morgan fingerprint density at radius 2 is 0.721 bits per heavy atom. The topological polar surface area (TPSA) is 83.0 Å². The van der Waals surface area contributed by atoms with E-state index >= 15 is 0 Å². The summed E-state index contributed by atoms with van der Waals surface area (Å²) in [4.78, 5) is 0. The van der Waals surface area contributed by atoms with Crippen molar-refractivity contribution in [2.75, 3.05) is 13.2 Å². The number of nitrogens with two attached hydrogens (primary N) is 1. The Labute approximate surface area is 271 Å². The van der Waals surface area contributed by atoms with Gasteiger partial charge in [-0.2, -0.15) is 0 Å². The first kappa shape index (κ1) is 45.0. The second-order valence-corrected chi connectivity index (χ2v) is 14.0. The molecular weight excluding hydrogens is 554 g/mol. The summed E-state index contributed by atoms with van der Waals surface area (Å²) in [5.74, 6) is 0. The van der Waals surface area contributed by atoms with Crippen molar-refractivity contribution in [3.05, 3.63) is 0 Å². The highest BCUT2D eigenvalue weighted by Gasteiger charge is 2.10. The van der Waals surface area contributed by atoms with E-state index in [4.69, 9.17) is 0 Å². The molecule has 0 bridgehead atoms. The minimum Gasteiger partial charge on any atom is -0.726 e. The summed E-state index contributed by atoms with van der Waals surface area (Å²) in [7, 11) is -4.42. The number of unbranched alkanes of at least 4 members (excludes halogenated alkanes) is 26. The molecule has 0 aromatic rings. The van der Waals surface area contributed by atoms with Crippen LogP contribution in [0.2, 0.25) is 0 Å². The van der Waals surface area contributed by atoms with Crippen LogP contribution in [0.25, 0.3) is 0 Å². The largest absolute Gasteiger partial charge is 0.726 e. The van der Waals surface area contributed by atoms with Gasteiger partial charge in [0, 0.05) is 0 Å². The molecule has 0 fully saturated rings. The Balaban J connectivity index is 0. The molecule has 43 heavy (non-hydrogen) atoms. The summed E-state index contributed by atoms with van der Waals surface area (Å²) in [6.07, 6.45) is 44.1. The van der Waals surface area contributed by atoms with Crippen LogP contribution in [0.15, 0.2) is 0 Å². The maximum absolute atomic E-state index is 9.45. The molecule has 5 nitrogen and oxygen atoms in total. The maximum atomic E-state index is 9.45. The summed E-state index contributed by atoms with van der Waals surface area (Å²) < 4.78 is 32.0. The summed E-state index contributed by atoms with van der Waals surface area (Å²) in [5, 5.41) is 2.63. The fraction of sp³-hybridized carbons (Fsp3) is 1.00. The Bertz CT molecular complexity index is 567. The predicted octanol–water partition coefficient (Wildman–Crippen LogP) is 11.2. The highest BCUT2D eigenvalue weighted by Crippen LogP contribution is 2.16. The zero-order valence-electron chi connectivity index (χ0n) is 29.8. The van der Waals surface area contributed by atoms with E-state index in [2.05, 4.69) is 30.3 Å². The summed E-state index contributed by atoms with van der Waals surface area (Å²) in [6, 6.07) is 0.907. The third-order valence-corrected chi connectivity index (χ3v) is 9.21. The second kappa shape index (κ2) is 38.0. The van der Waals surface area contributed by atoms with Crippen molar-refractivity contribution in [3.63, 3.8) is 0 Å². The molecule has 0 aliphatic carbocycles. The van der Waals surface area contributed by atoms with Crippen LogP contribution < -0.4 is 5.32 Å². The van der Waals surface area contributed by atoms with E-state index in [1.165, 1.54) is 206 Å². The van der Waals surface area contributed by atoms with Crippen LogP contribution in [0.5, 0.6) is 0 Å². The lowest BCUT2D eigenvalue weighted by molar-refractivity contribution is -0.688. The van der Waals surface area contributed by atoms with Gasteiger partial charge in [0.05, 0.1) is 19.2 Å². The molecular formula is C37H79NO4S. The summed E-state index contributed by atoms with van der Waals surface area (Å²) in [6.45, 7) is 9.56. The van der Waals surface area contributed by atoms with Gasteiger partial charge < -0.3 is 9.87 Å². The molecule has 0 saturated carbocycles. The average molecular weight is 634 g/mol. The van der Waals surface area contributed by atoms with Gasteiger partial charge in [-0.05, 0) is 39.5 Å². The monoisotopic (exact) mass is 634 g/mol. The average Bonchev–Trinajstić information content (AvgIpc) is 2.97. The van der Waals surface area contributed by atoms with Gasteiger partial charge in [0.1, 0.15) is 0 Å². The zero-order chi connectivity index (χ0) is 32.1. The Morgan fingerprint density at radius 1 is 0.465 bits per heavy atom. The maximum Gasteiger partial charge on any atom is 0.217 e. The van der Waals surface area contributed by atoms with Crippen LogP contribution in [0, 0.1) is 0 Å². The smallest absolute Gasteiger partial charge is 0.217 e. The van der Waals surface area contributed by atoms with Crippen LogP contribution in [0.4, 0.5) is 0 Å². The number of hydrogen-bond acceptors (Lipinski definition) is 4. The molecule has 0 amide bonds. The standard InChI is InChI=1S/C35H73N.C2H6O4S/c1-4-7-9-11-13-15-17-19-21-23-25-27-29-31-33-35(36-6-3)34-32-30-28-26-24-22-20-18-16-14-12-10-8-5-2;1-2-6-7(3,4)5/h35-36H,4-34H2,1-3H3;2H2,1H3,(H,3,4,5). The molecule has 2 N–H and O–H groups in total. The number of quaternary nitrogens is 1. The van der Waals surface area contributed by atoms with Gasteiger partial charge >= 0.3 is 0 Å². The van der Waals surface area contributed by atoms with Crippen molar-refractivity contribution >= 4 is 10.4 Å². The van der Waals surface area contributed by atoms with Crippen LogP contribution >= 0.6 is 0 Å². The zero-order valence-corrected chi connectivity index (χ0v) is 30.6. The fourth-order valence-electron chi connectivity index (χ4n) is 6.06. The van der Waals surface area contributed by atoms with E-state index in [0.29, 0.717) is 0 Å². The molecule has 0 aliphatic rings. The third kappa shape index (κ3) is 44.0. The quantitative estimate of drug-likeness (QED) is 0.0434. The SMILES string of the molecule is CCCCCCCCCCCCCCCCC(CCCCCCCCCCCCCCCC)[NH2+]CC.CCOS(=O)(=O)[O-]. The molecule has 0 atom stereocenters. The molecule has 0 heterocycles. The lowest BCUT2D eigenvalue weighted by Gasteiger charge is -2.14.